The summed E-state index contributed by atoms with van der Waals surface area (Å²) in [7, 11) is -3.18. The molecule has 2 aliphatic rings. The van der Waals surface area contributed by atoms with Gasteiger partial charge in [0.1, 0.15) is 5.75 Å². The zero-order chi connectivity index (χ0) is 23.5. The first-order valence-electron chi connectivity index (χ1n) is 10.0. The highest BCUT2D eigenvalue weighted by Crippen LogP contribution is 2.34. The number of carbonyl (C=O) groups excluding carboxylic acids is 2. The summed E-state index contributed by atoms with van der Waals surface area (Å²) < 4.78 is 59.3. The van der Waals surface area contributed by atoms with Crippen molar-refractivity contribution in [3.63, 3.8) is 0 Å². The van der Waals surface area contributed by atoms with Gasteiger partial charge in [0.05, 0.1) is 29.7 Å². The molecule has 0 saturated carbocycles. The number of amides is 2. The van der Waals surface area contributed by atoms with E-state index in [0.29, 0.717) is 6.42 Å². The van der Waals surface area contributed by atoms with Gasteiger partial charge in [-0.05, 0) is 26.3 Å². The summed E-state index contributed by atoms with van der Waals surface area (Å²) in [4.78, 5) is 25.2. The third-order valence-corrected chi connectivity index (χ3v) is 7.19. The average Bonchev–Trinajstić information content (AvgIpc) is 2.99. The molecule has 12 heteroatoms. The molecule has 1 aromatic rings. The van der Waals surface area contributed by atoms with Crippen molar-refractivity contribution in [1.29, 1.82) is 0 Å². The van der Waals surface area contributed by atoms with E-state index < -0.39 is 40.0 Å². The Hall–Kier alpha value is -2.73. The minimum atomic E-state index is -3.18. The van der Waals surface area contributed by atoms with E-state index in [1.165, 1.54) is 18.2 Å². The number of carbonyl (C=O) groups is 2. The lowest BCUT2D eigenvalue weighted by Crippen LogP contribution is -2.51. The van der Waals surface area contributed by atoms with Crippen LogP contribution in [0.25, 0.3) is 0 Å². The van der Waals surface area contributed by atoms with Gasteiger partial charge in [-0.1, -0.05) is 18.2 Å². The van der Waals surface area contributed by atoms with Gasteiger partial charge in [-0.2, -0.15) is 8.78 Å². The van der Waals surface area contributed by atoms with Gasteiger partial charge in [0.2, 0.25) is 0 Å². The number of ether oxygens (including phenoxy) is 2. The summed E-state index contributed by atoms with van der Waals surface area (Å²) >= 11 is 0. The van der Waals surface area contributed by atoms with Crippen molar-refractivity contribution in [3.8, 4) is 5.75 Å². The molecule has 1 fully saturated rings. The van der Waals surface area contributed by atoms with Crippen molar-refractivity contribution in [2.45, 2.75) is 38.5 Å². The van der Waals surface area contributed by atoms with E-state index in [0.717, 1.165) is 0 Å². The van der Waals surface area contributed by atoms with Gasteiger partial charge in [-0.3, -0.25) is 0 Å². The molecule has 2 heterocycles. The third-order valence-electron chi connectivity index (χ3n) is 5.29. The molecular weight excluding hydrogens is 448 g/mol. The van der Waals surface area contributed by atoms with E-state index in [-0.39, 0.29) is 47.2 Å². The zero-order valence-electron chi connectivity index (χ0n) is 17.6. The van der Waals surface area contributed by atoms with Gasteiger partial charge in [-0.15, -0.1) is 0 Å². The average molecular weight is 473 g/mol. The molecule has 3 N–H and O–H groups in total. The maximum atomic E-state index is 12.9. The van der Waals surface area contributed by atoms with E-state index >= 15 is 0 Å². The van der Waals surface area contributed by atoms with Gasteiger partial charge in [0.25, 0.3) is 0 Å². The number of nitrogens with one attached hydrogen (secondary N) is 3. The van der Waals surface area contributed by atoms with Crippen LogP contribution in [-0.4, -0.2) is 57.2 Å². The van der Waals surface area contributed by atoms with Crippen molar-refractivity contribution in [1.82, 2.24) is 16.0 Å². The minimum Gasteiger partial charge on any atom is -0.463 e. The van der Waals surface area contributed by atoms with Crippen LogP contribution < -0.4 is 20.7 Å². The van der Waals surface area contributed by atoms with Crippen LogP contribution in [0.4, 0.5) is 13.6 Å². The van der Waals surface area contributed by atoms with Gasteiger partial charge >= 0.3 is 18.6 Å². The second kappa shape index (κ2) is 9.41. The van der Waals surface area contributed by atoms with Crippen LogP contribution in [0, 0.1) is 0 Å². The lowest BCUT2D eigenvalue weighted by molar-refractivity contribution is -0.139. The first-order valence-corrected chi connectivity index (χ1v) is 11.8. The molecule has 2 unspecified atom stereocenters. The number of halogens is 2. The summed E-state index contributed by atoms with van der Waals surface area (Å²) in [6.45, 7) is 0.262. The molecule has 1 saturated heterocycles. The number of hydrogen-bond acceptors (Lipinski definition) is 7. The van der Waals surface area contributed by atoms with Gasteiger partial charge in [-0.25, -0.2) is 18.0 Å². The molecule has 2 amide bonds. The van der Waals surface area contributed by atoms with Crippen LogP contribution >= 0.6 is 0 Å². The molecule has 0 bridgehead atoms. The fourth-order valence-electron chi connectivity index (χ4n) is 3.81. The Balaban J connectivity index is 2.00. The SMILES string of the molecule is CCOC(=O)C1=C(CNC2(C)CCS(=O)(=O)C2)NC(=O)NC1c1ccccc1OC(F)F. The topological polar surface area (TPSA) is 123 Å². The van der Waals surface area contributed by atoms with Crippen molar-refractivity contribution in [2.24, 2.45) is 0 Å². The molecule has 32 heavy (non-hydrogen) atoms. The third kappa shape index (κ3) is 5.54. The minimum absolute atomic E-state index is 0.00807. The molecule has 0 aromatic heterocycles. The Morgan fingerprint density at radius 2 is 2.06 bits per heavy atom. The zero-order valence-corrected chi connectivity index (χ0v) is 18.4. The molecule has 2 aliphatic heterocycles. The highest BCUT2D eigenvalue weighted by atomic mass is 32.2. The highest BCUT2D eigenvalue weighted by Gasteiger charge is 2.40. The van der Waals surface area contributed by atoms with Crippen molar-refractivity contribution in [3.05, 3.63) is 41.1 Å². The number of benzene rings is 1. The predicted octanol–water partition coefficient (Wildman–Crippen LogP) is 1.63. The fraction of sp³-hybridized carbons (Fsp3) is 0.500. The number of hydrogen-bond donors (Lipinski definition) is 3. The number of sulfone groups is 1. The predicted molar refractivity (Wildman–Crippen MR) is 111 cm³/mol. The summed E-state index contributed by atoms with van der Waals surface area (Å²) in [5.74, 6) is -0.992. The molecule has 3 rings (SSSR count). The van der Waals surface area contributed by atoms with E-state index in [4.69, 9.17) is 4.74 Å². The summed E-state index contributed by atoms with van der Waals surface area (Å²) in [6.07, 6.45) is 0.373. The highest BCUT2D eigenvalue weighted by molar-refractivity contribution is 7.91. The van der Waals surface area contributed by atoms with E-state index in [2.05, 4.69) is 20.7 Å². The van der Waals surface area contributed by atoms with E-state index in [1.807, 2.05) is 0 Å². The Kier molecular flexibility index (Phi) is 7.03. The molecule has 2 atom stereocenters. The van der Waals surface area contributed by atoms with E-state index in [9.17, 15) is 26.8 Å². The maximum Gasteiger partial charge on any atom is 0.387 e. The second-order valence-electron chi connectivity index (χ2n) is 7.82. The van der Waals surface area contributed by atoms with Gasteiger partial charge in [0, 0.05) is 23.3 Å². The Labute approximate surface area is 184 Å². The van der Waals surface area contributed by atoms with Crippen LogP contribution in [0.3, 0.4) is 0 Å². The smallest absolute Gasteiger partial charge is 0.387 e. The van der Waals surface area contributed by atoms with Crippen LogP contribution in [0.1, 0.15) is 31.9 Å². The van der Waals surface area contributed by atoms with Crippen molar-refractivity contribution in [2.75, 3.05) is 24.7 Å². The lowest BCUT2D eigenvalue weighted by Gasteiger charge is -2.32. The van der Waals surface area contributed by atoms with Gasteiger partial charge in [0.15, 0.2) is 9.84 Å². The number of urea groups is 1. The first kappa shape index (κ1) is 23.9. The normalized spacial score (nSPS) is 24.8. The molecule has 176 valence electrons. The summed E-state index contributed by atoms with van der Waals surface area (Å²) in [5, 5.41) is 8.23. The molecule has 0 spiro atoms. The van der Waals surface area contributed by atoms with E-state index in [1.54, 1.807) is 19.9 Å². The Morgan fingerprint density at radius 1 is 1.34 bits per heavy atom. The number of para-hydroxylation sites is 1. The van der Waals surface area contributed by atoms with Gasteiger partial charge < -0.3 is 25.4 Å². The van der Waals surface area contributed by atoms with Crippen LogP contribution in [0.15, 0.2) is 35.5 Å². The quantitative estimate of drug-likeness (QED) is 0.491. The molecule has 1 aromatic carbocycles. The number of esters is 1. The second-order valence-corrected chi connectivity index (χ2v) is 10.0. The summed E-state index contributed by atoms with van der Waals surface area (Å²) in [5.41, 5.74) is -0.422. The van der Waals surface area contributed by atoms with Crippen molar-refractivity contribution >= 4 is 21.8 Å². The first-order chi connectivity index (χ1) is 15.0. The molecule has 0 aliphatic carbocycles. The maximum absolute atomic E-state index is 12.9. The molecule has 9 nitrogen and oxygen atoms in total. The van der Waals surface area contributed by atoms with Crippen LogP contribution in [0.5, 0.6) is 5.75 Å². The Morgan fingerprint density at radius 3 is 2.69 bits per heavy atom. The van der Waals surface area contributed by atoms with Crippen LogP contribution in [-0.2, 0) is 19.4 Å². The van der Waals surface area contributed by atoms with Crippen LogP contribution in [0.2, 0.25) is 0 Å². The Bertz CT molecular complexity index is 1030. The molecular formula is C20H25F2N3O6S. The molecule has 0 radical (unpaired) electrons. The summed E-state index contributed by atoms with van der Waals surface area (Å²) in [6, 6.07) is 4.05. The fourth-order valence-corrected chi connectivity index (χ4v) is 5.94. The number of rotatable bonds is 8. The number of alkyl halides is 2. The largest absolute Gasteiger partial charge is 0.463 e. The van der Waals surface area contributed by atoms with Crippen molar-refractivity contribution < 1.29 is 36.3 Å². The monoisotopic (exact) mass is 473 g/mol. The lowest BCUT2D eigenvalue weighted by atomic mass is 9.93. The standard InChI is InChI=1S/C20H25F2N3O6S/c1-3-30-17(26)15-13(10-23-20(2)8-9-32(28,29)11-20)24-19(27)25-16(15)12-6-4-5-7-14(12)31-18(21)22/h4-7,16,18,23H,3,8-11H2,1-2H3,(H2,24,25,27).